The number of amides is 1. The Hall–Kier alpha value is -0.280. The summed E-state index contributed by atoms with van der Waals surface area (Å²) in [5.41, 5.74) is 6.11. The first-order valence-corrected chi connectivity index (χ1v) is 8.13. The molecule has 0 unspecified atom stereocenters. The predicted octanol–water partition coefficient (Wildman–Crippen LogP) is 3.35. The fourth-order valence-corrected chi connectivity index (χ4v) is 3.72. The highest BCUT2D eigenvalue weighted by atomic mass is 35.5. The highest BCUT2D eigenvalue weighted by Gasteiger charge is 2.31. The average molecular weight is 303 g/mol. The van der Waals surface area contributed by atoms with Gasteiger partial charge in [-0.1, -0.05) is 33.1 Å². The molecule has 2 aliphatic carbocycles. The fraction of sp³-hybridized carbons (Fsp3) is 0.938. The maximum atomic E-state index is 12.6. The zero-order valence-corrected chi connectivity index (χ0v) is 13.8. The number of rotatable bonds is 5. The minimum atomic E-state index is 0. The van der Waals surface area contributed by atoms with Gasteiger partial charge in [0, 0.05) is 25.0 Å². The van der Waals surface area contributed by atoms with Crippen molar-refractivity contribution in [3.05, 3.63) is 0 Å². The molecule has 2 saturated carbocycles. The van der Waals surface area contributed by atoms with Gasteiger partial charge in [0.25, 0.3) is 0 Å². The van der Waals surface area contributed by atoms with Gasteiger partial charge < -0.3 is 10.6 Å². The van der Waals surface area contributed by atoms with Gasteiger partial charge in [0.2, 0.25) is 5.91 Å². The second kappa shape index (κ2) is 8.23. The van der Waals surface area contributed by atoms with Gasteiger partial charge in [-0.2, -0.15) is 0 Å². The summed E-state index contributed by atoms with van der Waals surface area (Å²) in [4.78, 5) is 14.8. The lowest BCUT2D eigenvalue weighted by molar-refractivity contribution is -0.135. The van der Waals surface area contributed by atoms with Gasteiger partial charge in [0.15, 0.2) is 0 Å². The summed E-state index contributed by atoms with van der Waals surface area (Å²) in [5.74, 6) is 1.35. The van der Waals surface area contributed by atoms with Gasteiger partial charge in [-0.25, -0.2) is 0 Å². The third-order valence-corrected chi connectivity index (χ3v) is 4.80. The molecule has 2 rings (SSSR count). The van der Waals surface area contributed by atoms with Crippen LogP contribution in [0.25, 0.3) is 0 Å². The van der Waals surface area contributed by atoms with E-state index in [1.54, 1.807) is 0 Å². The van der Waals surface area contributed by atoms with E-state index in [2.05, 4.69) is 18.7 Å². The topological polar surface area (TPSA) is 46.3 Å². The van der Waals surface area contributed by atoms with E-state index in [-0.39, 0.29) is 18.4 Å². The molecule has 0 aromatic carbocycles. The fourth-order valence-electron chi connectivity index (χ4n) is 3.72. The van der Waals surface area contributed by atoms with Crippen LogP contribution in [0.5, 0.6) is 0 Å². The van der Waals surface area contributed by atoms with Crippen molar-refractivity contribution in [1.82, 2.24) is 4.90 Å². The van der Waals surface area contributed by atoms with Crippen LogP contribution < -0.4 is 5.73 Å². The average Bonchev–Trinajstić information content (AvgIpc) is 2.98. The van der Waals surface area contributed by atoms with Crippen molar-refractivity contribution in [3.8, 4) is 0 Å². The second-order valence-electron chi connectivity index (χ2n) is 6.94. The van der Waals surface area contributed by atoms with Crippen molar-refractivity contribution < 1.29 is 4.79 Å². The van der Waals surface area contributed by atoms with Gasteiger partial charge in [-0.05, 0) is 37.5 Å². The standard InChI is InChI=1S/C16H30N2O.ClH/c1-12(2)11-18(14-7-3-4-8-14)16(19)10-13-6-5-9-15(13)17;/h12-15H,3-11,17H2,1-2H3;1H/t13-,15+;/m0./s1. The third kappa shape index (κ3) is 4.63. The highest BCUT2D eigenvalue weighted by molar-refractivity contribution is 5.85. The number of hydrogen-bond donors (Lipinski definition) is 1. The van der Waals surface area contributed by atoms with Crippen molar-refractivity contribution >= 4 is 18.3 Å². The molecule has 118 valence electrons. The minimum Gasteiger partial charge on any atom is -0.339 e. The van der Waals surface area contributed by atoms with E-state index in [1.165, 1.54) is 32.1 Å². The van der Waals surface area contributed by atoms with E-state index in [9.17, 15) is 4.79 Å². The summed E-state index contributed by atoms with van der Waals surface area (Å²) in [6.45, 7) is 5.33. The van der Waals surface area contributed by atoms with Crippen molar-refractivity contribution in [3.63, 3.8) is 0 Å². The van der Waals surface area contributed by atoms with Gasteiger partial charge in [0.1, 0.15) is 0 Å². The second-order valence-corrected chi connectivity index (χ2v) is 6.94. The number of nitrogens with zero attached hydrogens (tertiary/aromatic N) is 1. The third-order valence-electron chi connectivity index (χ3n) is 4.80. The number of halogens is 1. The number of hydrogen-bond acceptors (Lipinski definition) is 2. The maximum Gasteiger partial charge on any atom is 0.223 e. The van der Waals surface area contributed by atoms with Gasteiger partial charge in [-0.15, -0.1) is 12.4 Å². The van der Waals surface area contributed by atoms with E-state index < -0.39 is 0 Å². The lowest BCUT2D eigenvalue weighted by atomic mass is 9.98. The SMILES string of the molecule is CC(C)CN(C(=O)C[C@@H]1CCC[C@H]1N)C1CCCC1.Cl. The van der Waals surface area contributed by atoms with Crippen molar-refractivity contribution in [2.45, 2.75) is 77.3 Å². The predicted molar refractivity (Wildman–Crippen MR) is 86.0 cm³/mol. The van der Waals surface area contributed by atoms with Crippen LogP contribution in [0.15, 0.2) is 0 Å². The first-order chi connectivity index (χ1) is 9.08. The molecule has 2 fully saturated rings. The molecule has 4 heteroatoms. The van der Waals surface area contributed by atoms with Crippen LogP contribution in [-0.4, -0.2) is 29.4 Å². The molecule has 2 N–H and O–H groups in total. The molecule has 0 heterocycles. The molecular formula is C16H31ClN2O. The lowest BCUT2D eigenvalue weighted by Gasteiger charge is -2.32. The first kappa shape index (κ1) is 17.8. The molecule has 2 aliphatic rings. The van der Waals surface area contributed by atoms with E-state index >= 15 is 0 Å². The van der Waals surface area contributed by atoms with Crippen LogP contribution >= 0.6 is 12.4 Å². The van der Waals surface area contributed by atoms with Gasteiger partial charge in [-0.3, -0.25) is 4.79 Å². The van der Waals surface area contributed by atoms with Crippen molar-refractivity contribution in [1.29, 1.82) is 0 Å². The Kier molecular flexibility index (Phi) is 7.32. The first-order valence-electron chi connectivity index (χ1n) is 8.13. The quantitative estimate of drug-likeness (QED) is 0.846. The van der Waals surface area contributed by atoms with Crippen LogP contribution in [0, 0.1) is 11.8 Å². The molecule has 1 amide bonds. The Bertz CT molecular complexity index is 303. The molecule has 3 nitrogen and oxygen atoms in total. The molecule has 0 saturated heterocycles. The molecular weight excluding hydrogens is 272 g/mol. The van der Waals surface area contributed by atoms with E-state index in [0.717, 1.165) is 19.4 Å². The van der Waals surface area contributed by atoms with Crippen molar-refractivity contribution in [2.24, 2.45) is 17.6 Å². The lowest BCUT2D eigenvalue weighted by Crippen LogP contribution is -2.43. The van der Waals surface area contributed by atoms with Crippen LogP contribution in [-0.2, 0) is 4.79 Å². The van der Waals surface area contributed by atoms with Crippen LogP contribution in [0.3, 0.4) is 0 Å². The summed E-state index contributed by atoms with van der Waals surface area (Å²) in [5, 5.41) is 0. The van der Waals surface area contributed by atoms with Crippen LogP contribution in [0.4, 0.5) is 0 Å². The van der Waals surface area contributed by atoms with E-state index in [1.807, 2.05) is 0 Å². The summed E-state index contributed by atoms with van der Waals surface area (Å²) in [7, 11) is 0. The zero-order valence-electron chi connectivity index (χ0n) is 13.0. The summed E-state index contributed by atoms with van der Waals surface area (Å²) in [6, 6.07) is 0.765. The molecule has 0 bridgehead atoms. The minimum absolute atomic E-state index is 0. The Morgan fingerprint density at radius 2 is 1.80 bits per heavy atom. The van der Waals surface area contributed by atoms with E-state index in [0.29, 0.717) is 30.2 Å². The smallest absolute Gasteiger partial charge is 0.223 e. The molecule has 0 spiro atoms. The van der Waals surface area contributed by atoms with E-state index in [4.69, 9.17) is 5.73 Å². The molecule has 20 heavy (non-hydrogen) atoms. The van der Waals surface area contributed by atoms with Crippen LogP contribution in [0.1, 0.15) is 65.2 Å². The zero-order chi connectivity index (χ0) is 13.8. The Morgan fingerprint density at radius 1 is 1.15 bits per heavy atom. The Balaban J connectivity index is 0.00000200. The number of carbonyl (C=O) groups excluding carboxylic acids is 1. The van der Waals surface area contributed by atoms with Crippen LogP contribution in [0.2, 0.25) is 0 Å². The Labute approximate surface area is 130 Å². The molecule has 0 aromatic heterocycles. The van der Waals surface area contributed by atoms with Gasteiger partial charge in [0.05, 0.1) is 0 Å². The van der Waals surface area contributed by atoms with Crippen molar-refractivity contribution in [2.75, 3.05) is 6.54 Å². The Morgan fingerprint density at radius 3 is 2.30 bits per heavy atom. The van der Waals surface area contributed by atoms with Gasteiger partial charge >= 0.3 is 0 Å². The maximum absolute atomic E-state index is 12.6. The number of carbonyl (C=O) groups is 1. The largest absolute Gasteiger partial charge is 0.339 e. The molecule has 0 aliphatic heterocycles. The summed E-state index contributed by atoms with van der Waals surface area (Å²) >= 11 is 0. The molecule has 0 radical (unpaired) electrons. The summed E-state index contributed by atoms with van der Waals surface area (Å²) < 4.78 is 0. The monoisotopic (exact) mass is 302 g/mol. The number of nitrogens with two attached hydrogens (primary N) is 1. The molecule has 2 atom stereocenters. The molecule has 0 aromatic rings. The summed E-state index contributed by atoms with van der Waals surface area (Å²) in [6.07, 6.45) is 9.12. The normalized spacial score (nSPS) is 26.8. The highest BCUT2D eigenvalue weighted by Crippen LogP contribution is 2.30.